The van der Waals surface area contributed by atoms with Crippen molar-refractivity contribution in [2.24, 2.45) is 5.92 Å². The third-order valence-electron chi connectivity index (χ3n) is 5.75. The molecule has 0 radical (unpaired) electrons. The van der Waals surface area contributed by atoms with Gasteiger partial charge in [-0.25, -0.2) is 0 Å². The van der Waals surface area contributed by atoms with Crippen LogP contribution in [-0.2, 0) is 11.3 Å². The minimum atomic E-state index is -0.742. The molecule has 1 saturated heterocycles. The molecule has 1 N–H and O–H groups in total. The molecule has 1 fully saturated rings. The van der Waals surface area contributed by atoms with Crippen molar-refractivity contribution in [3.63, 3.8) is 0 Å². The lowest BCUT2D eigenvalue weighted by molar-refractivity contribution is -0.108. The predicted molar refractivity (Wildman–Crippen MR) is 116 cm³/mol. The van der Waals surface area contributed by atoms with Crippen molar-refractivity contribution in [1.82, 2.24) is 10.2 Å². The van der Waals surface area contributed by atoms with Crippen molar-refractivity contribution < 1.29 is 10.9 Å². The number of piperidine rings is 1. The second kappa shape index (κ2) is 9.57. The molecule has 0 atom stereocenters. The molecule has 2 aromatic carbocycles. The highest BCUT2D eigenvalue weighted by Crippen LogP contribution is 2.31. The van der Waals surface area contributed by atoms with E-state index in [1.54, 1.807) is 0 Å². The molecule has 4 rings (SSSR count). The van der Waals surface area contributed by atoms with E-state index < -0.39 is 6.39 Å². The van der Waals surface area contributed by atoms with E-state index in [0.717, 1.165) is 62.5 Å². The van der Waals surface area contributed by atoms with E-state index in [0.29, 0.717) is 5.92 Å². The van der Waals surface area contributed by atoms with Crippen LogP contribution in [0.15, 0.2) is 78.0 Å². The first-order valence-corrected chi connectivity index (χ1v) is 10.4. The molecule has 1 aliphatic heterocycles. The average Bonchev–Trinajstić information content (AvgIpc) is 2.76. The number of hydrogen-bond acceptors (Lipinski definition) is 3. The fourth-order valence-electron chi connectivity index (χ4n) is 4.20. The first-order chi connectivity index (χ1) is 14.7. The molecular formula is C25H28N2O2. The van der Waals surface area contributed by atoms with Gasteiger partial charge in [-0.2, -0.15) is 0 Å². The summed E-state index contributed by atoms with van der Waals surface area (Å²) < 4.78 is 13.0. The van der Waals surface area contributed by atoms with Gasteiger partial charge in [-0.1, -0.05) is 42.0 Å². The Morgan fingerprint density at radius 1 is 1.07 bits per heavy atom. The lowest BCUT2D eigenvalue weighted by atomic mass is 9.84. The Morgan fingerprint density at radius 2 is 1.79 bits per heavy atom. The third kappa shape index (κ3) is 5.36. The standard InChI is InChI=1S/C25H28N2O2/c28-19-26-23-6-4-5-22(17-23)21-13-15-27(16-14-21)18-20-9-11-25(12-10-20)29-24-7-2-1-3-8-24/h1-3,6-12,17,19,21H,4-5,13-16,18H2,(H,26,28)/i19D. The van der Waals surface area contributed by atoms with E-state index in [1.807, 2.05) is 48.5 Å². The smallest absolute Gasteiger partial charge is 0.211 e. The summed E-state index contributed by atoms with van der Waals surface area (Å²) in [6, 6.07) is 18.2. The summed E-state index contributed by atoms with van der Waals surface area (Å²) >= 11 is 0. The zero-order valence-corrected chi connectivity index (χ0v) is 16.6. The third-order valence-corrected chi connectivity index (χ3v) is 5.75. The number of ether oxygens (including phenoxy) is 1. The Kier molecular flexibility index (Phi) is 6.00. The van der Waals surface area contributed by atoms with Gasteiger partial charge in [0, 0.05) is 12.2 Å². The lowest BCUT2D eigenvalue weighted by Gasteiger charge is -2.34. The lowest BCUT2D eigenvalue weighted by Crippen LogP contribution is -2.34. The molecule has 1 amide bonds. The maximum atomic E-state index is 11.0. The van der Waals surface area contributed by atoms with Gasteiger partial charge < -0.3 is 10.1 Å². The van der Waals surface area contributed by atoms with Crippen LogP contribution in [0.25, 0.3) is 0 Å². The van der Waals surface area contributed by atoms with Crippen LogP contribution in [0.1, 0.15) is 32.6 Å². The first kappa shape index (κ1) is 18.2. The molecule has 0 spiro atoms. The van der Waals surface area contributed by atoms with Crippen molar-refractivity contribution in [3.05, 3.63) is 83.6 Å². The number of benzene rings is 2. The van der Waals surface area contributed by atoms with Crippen molar-refractivity contribution in [1.29, 1.82) is 0 Å². The zero-order valence-electron chi connectivity index (χ0n) is 17.6. The number of allylic oxidation sites excluding steroid dienone is 3. The number of rotatable bonds is 6. The Hall–Kier alpha value is -2.85. The second-order valence-corrected chi connectivity index (χ2v) is 7.75. The van der Waals surface area contributed by atoms with E-state index in [-0.39, 0.29) is 0 Å². The monoisotopic (exact) mass is 389 g/mol. The number of nitrogens with one attached hydrogen (secondary N) is 1. The maximum absolute atomic E-state index is 11.0. The van der Waals surface area contributed by atoms with Crippen LogP contribution in [0.3, 0.4) is 0 Å². The number of nitrogens with zero attached hydrogens (tertiary/aromatic N) is 1. The summed E-state index contributed by atoms with van der Waals surface area (Å²) in [7, 11) is 0. The molecule has 0 bridgehead atoms. The maximum Gasteiger partial charge on any atom is 0.211 e. The minimum Gasteiger partial charge on any atom is -0.457 e. The van der Waals surface area contributed by atoms with Gasteiger partial charge in [0.1, 0.15) is 12.9 Å². The Morgan fingerprint density at radius 3 is 2.52 bits per heavy atom. The highest BCUT2D eigenvalue weighted by molar-refractivity contribution is 5.52. The van der Waals surface area contributed by atoms with Crippen LogP contribution in [0.4, 0.5) is 0 Å². The molecule has 0 aromatic heterocycles. The Balaban J connectivity index is 1.27. The SMILES string of the molecule is [2H]C(=O)NC1=CCCC(C2CCN(Cc3ccc(Oc4ccccc4)cc3)CC2)=C1. The largest absolute Gasteiger partial charge is 0.457 e. The van der Waals surface area contributed by atoms with Gasteiger partial charge in [-0.15, -0.1) is 0 Å². The molecule has 150 valence electrons. The molecule has 1 heterocycles. The van der Waals surface area contributed by atoms with Gasteiger partial charge in [0.05, 0.1) is 0 Å². The molecule has 4 nitrogen and oxygen atoms in total. The summed E-state index contributed by atoms with van der Waals surface area (Å²) in [6.07, 6.45) is 7.64. The number of para-hydroxylation sites is 1. The van der Waals surface area contributed by atoms with Crippen LogP contribution in [0, 0.1) is 5.92 Å². The minimum absolute atomic E-state index is 0.578. The van der Waals surface area contributed by atoms with Gasteiger partial charge >= 0.3 is 0 Å². The zero-order chi connectivity index (χ0) is 20.8. The van der Waals surface area contributed by atoms with Crippen LogP contribution in [0.2, 0.25) is 0 Å². The summed E-state index contributed by atoms with van der Waals surface area (Å²) in [5, 5.41) is 2.60. The fraction of sp³-hybridized carbons (Fsp3) is 0.320. The molecular weight excluding hydrogens is 360 g/mol. The van der Waals surface area contributed by atoms with Gasteiger partial charge in [0.2, 0.25) is 6.39 Å². The molecule has 1 aliphatic carbocycles. The molecule has 2 aromatic rings. The van der Waals surface area contributed by atoms with Gasteiger partial charge in [-0.3, -0.25) is 9.69 Å². The highest BCUT2D eigenvalue weighted by atomic mass is 16.5. The number of carbonyl (C=O) groups excluding carboxylic acids is 1. The van der Waals surface area contributed by atoms with E-state index in [1.165, 1.54) is 11.1 Å². The predicted octanol–water partition coefficient (Wildman–Crippen LogP) is 5.04. The number of hydrogen-bond donors (Lipinski definition) is 1. The van der Waals surface area contributed by atoms with Crippen LogP contribution in [0.5, 0.6) is 11.5 Å². The first-order valence-electron chi connectivity index (χ1n) is 10.9. The van der Waals surface area contributed by atoms with Crippen LogP contribution >= 0.6 is 0 Å². The summed E-state index contributed by atoms with van der Waals surface area (Å²) in [5.74, 6) is 2.29. The van der Waals surface area contributed by atoms with Crippen molar-refractivity contribution in [2.45, 2.75) is 32.2 Å². The van der Waals surface area contributed by atoms with Gasteiger partial charge in [-0.05, 0) is 80.6 Å². The van der Waals surface area contributed by atoms with E-state index in [9.17, 15) is 4.79 Å². The summed E-state index contributed by atoms with van der Waals surface area (Å²) in [4.78, 5) is 13.5. The molecule has 0 unspecified atom stereocenters. The van der Waals surface area contributed by atoms with Crippen molar-refractivity contribution >= 4 is 6.39 Å². The molecule has 29 heavy (non-hydrogen) atoms. The summed E-state index contributed by atoms with van der Waals surface area (Å²) in [5.41, 5.74) is 3.51. The molecule has 4 heteroatoms. The van der Waals surface area contributed by atoms with Crippen molar-refractivity contribution in [3.8, 4) is 11.5 Å². The molecule has 2 aliphatic rings. The van der Waals surface area contributed by atoms with Crippen LogP contribution < -0.4 is 10.1 Å². The van der Waals surface area contributed by atoms with Crippen LogP contribution in [-0.4, -0.2) is 24.4 Å². The van der Waals surface area contributed by atoms with E-state index in [4.69, 9.17) is 6.11 Å². The number of likely N-dealkylation sites (tertiary alicyclic amines) is 1. The quantitative estimate of drug-likeness (QED) is 0.704. The normalized spacial score (nSPS) is 18.4. The average molecular weight is 390 g/mol. The topological polar surface area (TPSA) is 41.6 Å². The van der Waals surface area contributed by atoms with Crippen molar-refractivity contribution in [2.75, 3.05) is 13.1 Å². The fourth-order valence-corrected chi connectivity index (χ4v) is 4.20. The second-order valence-electron chi connectivity index (χ2n) is 7.75. The highest BCUT2D eigenvalue weighted by Gasteiger charge is 2.23. The number of carbonyl (C=O) groups is 1. The van der Waals surface area contributed by atoms with E-state index >= 15 is 0 Å². The Labute approximate surface area is 174 Å². The summed E-state index contributed by atoms with van der Waals surface area (Å²) in [6.45, 7) is 3.11. The number of amides is 1. The molecule has 0 saturated carbocycles. The Bertz CT molecular complexity index is 914. The van der Waals surface area contributed by atoms with Gasteiger partial charge in [0.25, 0.3) is 0 Å². The van der Waals surface area contributed by atoms with E-state index in [2.05, 4.69) is 28.4 Å². The van der Waals surface area contributed by atoms with Gasteiger partial charge in [0.15, 0.2) is 0 Å².